The lowest BCUT2D eigenvalue weighted by molar-refractivity contribution is -0.378. The van der Waals surface area contributed by atoms with Crippen LogP contribution in [-0.2, 0) is 14.3 Å². The smallest absolute Gasteiger partial charge is 0.239 e. The minimum Gasteiger partial charge on any atom is -0.394 e. The van der Waals surface area contributed by atoms with Crippen molar-refractivity contribution in [2.75, 3.05) is 26.4 Å². The maximum absolute atomic E-state index is 12.9. The standard InChI is InChI=1S/C18H35N3O11/c19-4-2-1-3-9(20)15(28)21-18(13(26)5-10(25)11(6-22)32-18)17(30)14(27)12(7-23)31-16(17,29)8-24/h9-14,22-27,29-30H,1-8,19-20H2,(H,21,28)/t9-,10-,11+,12+,13+,14+,16+,17-,18?/m0/s1. The van der Waals surface area contributed by atoms with Crippen LogP contribution in [0.1, 0.15) is 25.7 Å². The Morgan fingerprint density at radius 1 is 1.06 bits per heavy atom. The first kappa shape index (κ1) is 27.2. The first-order valence-electron chi connectivity index (χ1n) is 10.4. The van der Waals surface area contributed by atoms with Gasteiger partial charge in [-0.3, -0.25) is 4.79 Å². The third-order valence-corrected chi connectivity index (χ3v) is 6.18. The van der Waals surface area contributed by atoms with E-state index in [-0.39, 0.29) is 6.42 Å². The number of nitrogens with two attached hydrogens (primary N) is 2. The molecule has 9 atom stereocenters. The van der Waals surface area contributed by atoms with Gasteiger partial charge >= 0.3 is 0 Å². The lowest BCUT2D eigenvalue weighted by Gasteiger charge is -2.56. The second-order valence-electron chi connectivity index (χ2n) is 8.27. The fourth-order valence-electron chi connectivity index (χ4n) is 4.28. The van der Waals surface area contributed by atoms with Gasteiger partial charge < -0.3 is 67.1 Å². The lowest BCUT2D eigenvalue weighted by atomic mass is 9.72. The maximum atomic E-state index is 12.9. The van der Waals surface area contributed by atoms with E-state index in [1.807, 2.05) is 0 Å². The average Bonchev–Trinajstić information content (AvgIpc) is 2.97. The third kappa shape index (κ3) is 4.38. The van der Waals surface area contributed by atoms with E-state index in [4.69, 9.17) is 20.9 Å². The van der Waals surface area contributed by atoms with E-state index in [2.05, 4.69) is 5.32 Å². The number of aliphatic hydroxyl groups excluding tert-OH is 6. The van der Waals surface area contributed by atoms with Crippen LogP contribution >= 0.6 is 0 Å². The maximum Gasteiger partial charge on any atom is 0.239 e. The van der Waals surface area contributed by atoms with Crippen molar-refractivity contribution in [2.45, 2.75) is 79.4 Å². The van der Waals surface area contributed by atoms with E-state index in [1.54, 1.807) is 0 Å². The van der Waals surface area contributed by atoms with Gasteiger partial charge in [0.2, 0.25) is 17.4 Å². The van der Waals surface area contributed by atoms with Gasteiger partial charge in [0.05, 0.1) is 25.4 Å². The highest BCUT2D eigenvalue weighted by atomic mass is 16.7. The van der Waals surface area contributed by atoms with E-state index in [0.717, 1.165) is 0 Å². The Labute approximate surface area is 184 Å². The van der Waals surface area contributed by atoms with Gasteiger partial charge in [-0.1, -0.05) is 6.42 Å². The van der Waals surface area contributed by atoms with Crippen LogP contribution in [0.25, 0.3) is 0 Å². The zero-order chi connectivity index (χ0) is 24.3. The highest BCUT2D eigenvalue weighted by molar-refractivity contribution is 5.82. The van der Waals surface area contributed by atoms with E-state index < -0.39 is 85.8 Å². The summed E-state index contributed by atoms with van der Waals surface area (Å²) in [4.78, 5) is 12.9. The quantitative estimate of drug-likeness (QED) is 0.133. The molecule has 14 nitrogen and oxygen atoms in total. The van der Waals surface area contributed by atoms with Gasteiger partial charge in [0, 0.05) is 6.42 Å². The van der Waals surface area contributed by atoms with E-state index in [0.29, 0.717) is 19.4 Å². The minimum absolute atomic E-state index is 0.155. The van der Waals surface area contributed by atoms with Gasteiger partial charge in [0.15, 0.2) is 5.60 Å². The summed E-state index contributed by atoms with van der Waals surface area (Å²) < 4.78 is 10.6. The number of carbonyl (C=O) groups is 1. The van der Waals surface area contributed by atoms with Gasteiger partial charge in [-0.25, -0.2) is 0 Å². The molecule has 2 aliphatic rings. The molecule has 2 fully saturated rings. The van der Waals surface area contributed by atoms with Crippen molar-refractivity contribution in [1.82, 2.24) is 5.32 Å². The highest BCUT2D eigenvalue weighted by Crippen LogP contribution is 2.49. The third-order valence-electron chi connectivity index (χ3n) is 6.18. The molecule has 1 amide bonds. The van der Waals surface area contributed by atoms with Gasteiger partial charge in [-0.15, -0.1) is 0 Å². The van der Waals surface area contributed by atoms with Crippen molar-refractivity contribution in [3.63, 3.8) is 0 Å². The number of nitrogens with one attached hydrogen (secondary N) is 1. The molecular formula is C18H35N3O11. The van der Waals surface area contributed by atoms with Crippen LogP contribution in [0.4, 0.5) is 0 Å². The number of rotatable bonds is 10. The molecule has 0 radical (unpaired) electrons. The zero-order valence-electron chi connectivity index (χ0n) is 17.6. The number of hydrogen-bond acceptors (Lipinski definition) is 13. The van der Waals surface area contributed by atoms with E-state index in [9.17, 15) is 45.6 Å². The molecule has 0 aromatic heterocycles. The molecule has 0 spiro atoms. The Kier molecular flexibility index (Phi) is 8.94. The first-order valence-corrected chi connectivity index (χ1v) is 10.4. The van der Waals surface area contributed by atoms with Crippen molar-refractivity contribution >= 4 is 5.91 Å². The van der Waals surface area contributed by atoms with Crippen LogP contribution in [0.2, 0.25) is 0 Å². The highest BCUT2D eigenvalue weighted by Gasteiger charge is 2.78. The fourth-order valence-corrected chi connectivity index (χ4v) is 4.28. The van der Waals surface area contributed by atoms with Crippen LogP contribution < -0.4 is 16.8 Å². The summed E-state index contributed by atoms with van der Waals surface area (Å²) in [6, 6.07) is -1.19. The number of aliphatic hydroxyl groups is 8. The molecule has 0 aromatic rings. The van der Waals surface area contributed by atoms with Gasteiger partial charge in [-0.05, 0) is 19.4 Å². The first-order chi connectivity index (χ1) is 15.0. The van der Waals surface area contributed by atoms with Crippen molar-refractivity contribution in [3.05, 3.63) is 0 Å². The average molecular weight is 469 g/mol. The molecule has 14 heteroatoms. The Morgan fingerprint density at radius 2 is 1.69 bits per heavy atom. The van der Waals surface area contributed by atoms with Crippen LogP contribution in [-0.4, -0.2) is 127 Å². The molecule has 32 heavy (non-hydrogen) atoms. The Balaban J connectivity index is 2.55. The molecule has 0 aromatic carbocycles. The predicted octanol–water partition coefficient (Wildman–Crippen LogP) is -6.08. The summed E-state index contributed by atoms with van der Waals surface area (Å²) >= 11 is 0. The molecule has 13 N–H and O–H groups in total. The monoisotopic (exact) mass is 469 g/mol. The van der Waals surface area contributed by atoms with Gasteiger partial charge in [0.1, 0.15) is 31.0 Å². The number of amides is 1. The molecule has 2 aliphatic heterocycles. The number of ether oxygens (including phenoxy) is 2. The van der Waals surface area contributed by atoms with Crippen molar-refractivity contribution < 1.29 is 55.1 Å². The molecule has 2 saturated heterocycles. The normalized spacial score (nSPS) is 43.2. The molecular weight excluding hydrogens is 434 g/mol. The van der Waals surface area contributed by atoms with Crippen molar-refractivity contribution in [2.24, 2.45) is 11.5 Å². The van der Waals surface area contributed by atoms with E-state index >= 15 is 0 Å². The molecule has 0 saturated carbocycles. The number of unbranched alkanes of at least 4 members (excludes halogenated alkanes) is 1. The summed E-state index contributed by atoms with van der Waals surface area (Å²) in [6.07, 6.45) is -8.15. The molecule has 0 aliphatic carbocycles. The summed E-state index contributed by atoms with van der Waals surface area (Å²) in [5, 5.41) is 85.2. The Hall–Kier alpha value is -1.01. The topological polar surface area (TPSA) is 261 Å². The Bertz CT molecular complexity index is 645. The second-order valence-corrected chi connectivity index (χ2v) is 8.27. The van der Waals surface area contributed by atoms with Crippen molar-refractivity contribution in [1.29, 1.82) is 0 Å². The number of carbonyl (C=O) groups excluding carboxylic acids is 1. The van der Waals surface area contributed by atoms with Crippen molar-refractivity contribution in [3.8, 4) is 0 Å². The van der Waals surface area contributed by atoms with Gasteiger partial charge in [0.25, 0.3) is 0 Å². The largest absolute Gasteiger partial charge is 0.394 e. The minimum atomic E-state index is -3.18. The van der Waals surface area contributed by atoms with E-state index in [1.165, 1.54) is 0 Å². The zero-order valence-corrected chi connectivity index (χ0v) is 17.6. The summed E-state index contributed by atoms with van der Waals surface area (Å²) in [5.74, 6) is -4.01. The fraction of sp³-hybridized carbons (Fsp3) is 0.944. The molecule has 2 heterocycles. The second kappa shape index (κ2) is 10.5. The number of hydrogen-bond donors (Lipinski definition) is 11. The SMILES string of the molecule is NCCCC[C@H](N)C(=O)NC1([C@]2(O)[C@H](O)[C@@H](CO)O[C@]2(O)CO)O[C@H](CO)[C@@H](O)C[C@H]1O. The van der Waals surface area contributed by atoms with Crippen LogP contribution in [0.3, 0.4) is 0 Å². The predicted molar refractivity (Wildman–Crippen MR) is 105 cm³/mol. The van der Waals surface area contributed by atoms with Crippen LogP contribution in [0.15, 0.2) is 0 Å². The Morgan fingerprint density at radius 3 is 2.22 bits per heavy atom. The molecule has 1 unspecified atom stereocenters. The summed E-state index contributed by atoms with van der Waals surface area (Å²) in [5.41, 5.74) is 5.31. The lowest BCUT2D eigenvalue weighted by Crippen LogP contribution is -2.84. The van der Waals surface area contributed by atoms with Crippen LogP contribution in [0, 0.1) is 0 Å². The summed E-state index contributed by atoms with van der Waals surface area (Å²) in [6.45, 7) is -2.73. The van der Waals surface area contributed by atoms with Gasteiger partial charge in [-0.2, -0.15) is 0 Å². The molecule has 0 bridgehead atoms. The molecule has 188 valence electrons. The molecule has 2 rings (SSSR count). The summed E-state index contributed by atoms with van der Waals surface area (Å²) in [7, 11) is 0. The van der Waals surface area contributed by atoms with Crippen LogP contribution in [0.5, 0.6) is 0 Å².